The molecule has 0 atom stereocenters. The number of halogens is 4. The highest BCUT2D eigenvalue weighted by molar-refractivity contribution is 9.10. The quantitative estimate of drug-likeness (QED) is 0.454. The topological polar surface area (TPSA) is 58.6 Å². The van der Waals surface area contributed by atoms with E-state index in [0.29, 0.717) is 24.3 Å². The number of anilines is 1. The monoisotopic (exact) mass is 486 g/mol. The van der Waals surface area contributed by atoms with Gasteiger partial charge in [-0.25, -0.2) is 0 Å². The second kappa shape index (κ2) is 8.01. The van der Waals surface area contributed by atoms with Crippen LogP contribution >= 0.6 is 27.5 Å². The smallest absolute Gasteiger partial charge is 0.420 e. The van der Waals surface area contributed by atoms with Gasteiger partial charge in [0.15, 0.2) is 0 Å². The van der Waals surface area contributed by atoms with Crippen molar-refractivity contribution < 1.29 is 23.1 Å². The lowest BCUT2D eigenvalue weighted by Crippen LogP contribution is -2.36. The predicted molar refractivity (Wildman–Crippen MR) is 109 cm³/mol. The maximum atomic E-state index is 12.7. The fourth-order valence-electron chi connectivity index (χ4n) is 3.49. The molecule has 0 bridgehead atoms. The van der Waals surface area contributed by atoms with E-state index in [1.165, 1.54) is 24.3 Å². The lowest BCUT2D eigenvalue weighted by molar-refractivity contribution is -0.110. The van der Waals surface area contributed by atoms with Crippen molar-refractivity contribution in [1.29, 1.82) is 0 Å². The van der Waals surface area contributed by atoms with Crippen LogP contribution in [0.1, 0.15) is 35.3 Å². The molecule has 3 rings (SSSR count). The average Bonchev–Trinajstić information content (AvgIpc) is 2.86. The summed E-state index contributed by atoms with van der Waals surface area (Å²) < 4.78 is 30.4. The van der Waals surface area contributed by atoms with E-state index in [2.05, 4.69) is 26.0 Å². The fraction of sp³-hybridized carbons (Fsp3) is 0.300. The lowest BCUT2D eigenvalue weighted by Gasteiger charge is -2.31. The number of carbonyl (C=O) groups excluding carboxylic acids is 2. The van der Waals surface area contributed by atoms with Gasteiger partial charge in [-0.2, -0.15) is 0 Å². The zero-order valence-electron chi connectivity index (χ0n) is 15.6. The number of hydrogen-bond acceptors (Lipinski definition) is 4. The van der Waals surface area contributed by atoms with Gasteiger partial charge < -0.3 is 14.8 Å². The molecule has 5 nitrogen and oxygen atoms in total. The van der Waals surface area contributed by atoms with Gasteiger partial charge in [0.2, 0.25) is 0 Å². The summed E-state index contributed by atoms with van der Waals surface area (Å²) in [7, 11) is 0. The van der Waals surface area contributed by atoms with E-state index in [1.807, 2.05) is 18.7 Å². The van der Waals surface area contributed by atoms with Crippen molar-refractivity contribution in [2.24, 2.45) is 0 Å². The number of carbonyl (C=O) groups is 2. The minimum absolute atomic E-state index is 0.124. The minimum atomic E-state index is -3.80. The molecule has 2 aromatic rings. The number of aldehydes is 1. The molecule has 1 aliphatic rings. The first-order valence-corrected chi connectivity index (χ1v) is 9.87. The summed E-state index contributed by atoms with van der Waals surface area (Å²) in [6.07, 6.45) is 0.864. The zero-order chi connectivity index (χ0) is 21.4. The third-order valence-electron chi connectivity index (χ3n) is 4.84. The van der Waals surface area contributed by atoms with Gasteiger partial charge >= 0.3 is 5.57 Å². The van der Waals surface area contributed by atoms with E-state index >= 15 is 0 Å². The van der Waals surface area contributed by atoms with Crippen molar-refractivity contribution in [3.63, 3.8) is 0 Å². The van der Waals surface area contributed by atoms with E-state index in [9.17, 15) is 18.4 Å². The first kappa shape index (κ1) is 21.7. The Balaban J connectivity index is 1.79. The molecule has 0 unspecified atom stereocenters. The van der Waals surface area contributed by atoms with Gasteiger partial charge in [-0.1, -0.05) is 15.9 Å². The summed E-state index contributed by atoms with van der Waals surface area (Å²) in [5, 5.41) is 2.72. The molecule has 0 saturated carbocycles. The van der Waals surface area contributed by atoms with Crippen LogP contribution in [-0.2, 0) is 16.9 Å². The number of rotatable bonds is 6. The molecular weight excluding hydrogens is 470 g/mol. The van der Waals surface area contributed by atoms with Crippen LogP contribution in [0.2, 0.25) is 0 Å². The van der Waals surface area contributed by atoms with Crippen LogP contribution < -0.4 is 10.1 Å². The Bertz CT molecular complexity index is 946. The molecule has 1 N–H and O–H groups in total. The molecule has 0 fully saturated rings. The summed E-state index contributed by atoms with van der Waals surface area (Å²) in [5.74, 6) is -0.475. The molecule has 0 radical (unpaired) electrons. The standard InChI is InChI=1S/C20H18BrClF2N2O3/c1-19(2)17-13(11-26(19)7-8-27)9-12(10-16(17)21)18(28)25-14-3-5-15(6-4-14)29-20(22,23)24/h3-6,8-10H,7,11H2,1-2H3,(H,25,28). The highest BCUT2D eigenvalue weighted by atomic mass is 79.9. The van der Waals surface area contributed by atoms with Gasteiger partial charge in [0.05, 0.1) is 6.54 Å². The van der Waals surface area contributed by atoms with Crippen molar-refractivity contribution in [3.8, 4) is 5.75 Å². The Labute approximate surface area is 180 Å². The SMILES string of the molecule is CC1(C)c2c(Br)cc(C(=O)Nc3ccc(OC(F)(F)Cl)cc3)cc2CN1CC=O. The van der Waals surface area contributed by atoms with Gasteiger partial charge in [-0.05, 0) is 61.4 Å². The van der Waals surface area contributed by atoms with Crippen LogP contribution in [0.25, 0.3) is 0 Å². The molecule has 29 heavy (non-hydrogen) atoms. The maximum absolute atomic E-state index is 12.7. The number of benzene rings is 2. The fourth-order valence-corrected chi connectivity index (χ4v) is 4.57. The van der Waals surface area contributed by atoms with Gasteiger partial charge in [0.25, 0.3) is 5.91 Å². The molecule has 0 saturated heterocycles. The third kappa shape index (κ3) is 4.76. The number of nitrogens with zero attached hydrogens (tertiary/aromatic N) is 1. The predicted octanol–water partition coefficient (Wildman–Crippen LogP) is 5.12. The molecule has 0 aliphatic carbocycles. The minimum Gasteiger partial charge on any atom is -0.420 e. The van der Waals surface area contributed by atoms with Crippen LogP contribution in [0.4, 0.5) is 14.5 Å². The van der Waals surface area contributed by atoms with Crippen LogP contribution in [0.15, 0.2) is 40.9 Å². The number of ether oxygens (including phenoxy) is 1. The molecule has 1 amide bonds. The van der Waals surface area contributed by atoms with E-state index in [-0.39, 0.29) is 17.2 Å². The first-order valence-electron chi connectivity index (χ1n) is 8.70. The normalized spacial score (nSPS) is 15.7. The highest BCUT2D eigenvalue weighted by Gasteiger charge is 2.39. The third-order valence-corrected chi connectivity index (χ3v) is 5.54. The summed E-state index contributed by atoms with van der Waals surface area (Å²) in [4.78, 5) is 25.7. The van der Waals surface area contributed by atoms with Crippen LogP contribution in [-0.4, -0.2) is 29.2 Å². The largest absolute Gasteiger partial charge is 0.487 e. The summed E-state index contributed by atoms with van der Waals surface area (Å²) >= 11 is 8.28. The number of amides is 1. The van der Waals surface area contributed by atoms with Crippen molar-refractivity contribution in [1.82, 2.24) is 4.90 Å². The van der Waals surface area contributed by atoms with Crippen molar-refractivity contribution in [2.45, 2.75) is 31.5 Å². The second-order valence-corrected chi connectivity index (χ2v) is 8.42. The summed E-state index contributed by atoms with van der Waals surface area (Å²) in [6, 6.07) is 8.97. The van der Waals surface area contributed by atoms with Gasteiger partial charge in [0.1, 0.15) is 12.0 Å². The van der Waals surface area contributed by atoms with Crippen molar-refractivity contribution in [3.05, 3.63) is 57.6 Å². The summed E-state index contributed by atoms with van der Waals surface area (Å²) in [5.41, 5.74) is -1.28. The lowest BCUT2D eigenvalue weighted by atomic mass is 9.92. The zero-order valence-corrected chi connectivity index (χ0v) is 18.0. The molecule has 0 aromatic heterocycles. The Morgan fingerprint density at radius 3 is 2.59 bits per heavy atom. The van der Waals surface area contributed by atoms with E-state index in [4.69, 9.17) is 11.6 Å². The Hall–Kier alpha value is -2.03. The van der Waals surface area contributed by atoms with E-state index in [1.54, 1.807) is 12.1 Å². The first-order chi connectivity index (χ1) is 13.5. The van der Waals surface area contributed by atoms with Crippen LogP contribution in [0.3, 0.4) is 0 Å². The molecule has 0 spiro atoms. The molecule has 154 valence electrons. The average molecular weight is 488 g/mol. The van der Waals surface area contributed by atoms with Crippen molar-refractivity contribution >= 4 is 45.4 Å². The van der Waals surface area contributed by atoms with Gasteiger partial charge in [0, 0.05) is 39.4 Å². The highest BCUT2D eigenvalue weighted by Crippen LogP contribution is 2.43. The van der Waals surface area contributed by atoms with Gasteiger partial charge in [-0.15, -0.1) is 8.78 Å². The maximum Gasteiger partial charge on any atom is 0.487 e. The summed E-state index contributed by atoms with van der Waals surface area (Å²) in [6.45, 7) is 4.91. The van der Waals surface area contributed by atoms with Crippen LogP contribution in [0, 0.1) is 0 Å². The Morgan fingerprint density at radius 2 is 2.00 bits per heavy atom. The molecule has 1 heterocycles. The van der Waals surface area contributed by atoms with Gasteiger partial charge in [-0.3, -0.25) is 9.69 Å². The molecule has 2 aromatic carbocycles. The number of hydrogen-bond donors (Lipinski definition) is 1. The Morgan fingerprint density at radius 1 is 1.34 bits per heavy atom. The Kier molecular flexibility index (Phi) is 5.98. The molecule has 1 aliphatic heterocycles. The van der Waals surface area contributed by atoms with Crippen LogP contribution in [0.5, 0.6) is 5.75 Å². The van der Waals surface area contributed by atoms with E-state index < -0.39 is 5.57 Å². The second-order valence-electron chi connectivity index (χ2n) is 7.12. The number of alkyl halides is 3. The van der Waals surface area contributed by atoms with Crippen molar-refractivity contribution in [2.75, 3.05) is 11.9 Å². The number of fused-ring (bicyclic) bond motifs is 1. The molecule has 9 heteroatoms. The molecular formula is C20H18BrClF2N2O3. The van der Waals surface area contributed by atoms with E-state index in [0.717, 1.165) is 21.9 Å². The number of nitrogens with one attached hydrogen (secondary N) is 1.